The molecule has 27 heavy (non-hydrogen) atoms. The van der Waals surface area contributed by atoms with Crippen LogP contribution in [0.3, 0.4) is 0 Å². The molecule has 0 saturated carbocycles. The molecule has 1 amide bonds. The van der Waals surface area contributed by atoms with E-state index >= 15 is 0 Å². The second kappa shape index (κ2) is 6.92. The number of fused-ring (bicyclic) bond motifs is 1. The van der Waals surface area contributed by atoms with Gasteiger partial charge in [0.25, 0.3) is 0 Å². The maximum atomic E-state index is 13.7. The van der Waals surface area contributed by atoms with Crippen molar-refractivity contribution >= 4 is 22.4 Å². The van der Waals surface area contributed by atoms with Crippen molar-refractivity contribution in [3.05, 3.63) is 53.8 Å². The minimum absolute atomic E-state index is 0.130. The van der Waals surface area contributed by atoms with Gasteiger partial charge >= 0.3 is 0 Å². The fourth-order valence-electron chi connectivity index (χ4n) is 3.69. The van der Waals surface area contributed by atoms with E-state index in [0.29, 0.717) is 22.0 Å². The van der Waals surface area contributed by atoms with Gasteiger partial charge in [-0.25, -0.2) is 4.39 Å². The highest BCUT2D eigenvalue weighted by Gasteiger charge is 2.30. The Morgan fingerprint density at radius 1 is 1.07 bits per heavy atom. The Hall–Kier alpha value is -3.06. The van der Waals surface area contributed by atoms with E-state index in [1.807, 2.05) is 4.90 Å². The van der Waals surface area contributed by atoms with Gasteiger partial charge in [-0.1, -0.05) is 12.1 Å². The number of halogens is 1. The highest BCUT2D eigenvalue weighted by atomic mass is 19.1. The summed E-state index contributed by atoms with van der Waals surface area (Å²) in [6, 6.07) is 10.4. The Labute approximate surface area is 155 Å². The van der Waals surface area contributed by atoms with Gasteiger partial charge in [-0.2, -0.15) is 0 Å². The number of benzene rings is 2. The van der Waals surface area contributed by atoms with Gasteiger partial charge < -0.3 is 15.5 Å². The number of hydrogen-bond donors (Lipinski definition) is 4. The molecule has 0 radical (unpaired) electrons. The lowest BCUT2D eigenvalue weighted by Crippen LogP contribution is -2.35. The summed E-state index contributed by atoms with van der Waals surface area (Å²) in [4.78, 5) is 17.5. The van der Waals surface area contributed by atoms with E-state index in [2.05, 4.69) is 10.3 Å². The summed E-state index contributed by atoms with van der Waals surface area (Å²) >= 11 is 0. The van der Waals surface area contributed by atoms with E-state index in [1.54, 1.807) is 30.3 Å². The third-order valence-corrected chi connectivity index (χ3v) is 4.95. The normalized spacial score (nSPS) is 15.9. The molecule has 2 heterocycles. The van der Waals surface area contributed by atoms with E-state index in [4.69, 9.17) is 0 Å². The molecular formula is C20H20FN3O3. The number of nitrogens with zero attached hydrogens (tertiary/aromatic N) is 1. The number of aromatic hydroxyl groups is 2. The van der Waals surface area contributed by atoms with Crippen LogP contribution < -0.4 is 5.32 Å². The van der Waals surface area contributed by atoms with Crippen molar-refractivity contribution in [2.45, 2.75) is 18.9 Å². The lowest BCUT2D eigenvalue weighted by Gasteiger charge is -2.27. The van der Waals surface area contributed by atoms with Crippen molar-refractivity contribution in [2.75, 3.05) is 18.4 Å². The van der Waals surface area contributed by atoms with E-state index in [1.165, 1.54) is 12.1 Å². The number of amides is 1. The zero-order valence-electron chi connectivity index (χ0n) is 14.6. The van der Waals surface area contributed by atoms with Gasteiger partial charge in [0.1, 0.15) is 11.9 Å². The van der Waals surface area contributed by atoms with Crippen LogP contribution in [0.25, 0.3) is 10.8 Å². The van der Waals surface area contributed by atoms with Gasteiger partial charge in [0, 0.05) is 16.5 Å². The van der Waals surface area contributed by atoms with Crippen LogP contribution in [0.1, 0.15) is 24.4 Å². The largest absolute Gasteiger partial charge is 0.494 e. The third kappa shape index (κ3) is 3.33. The van der Waals surface area contributed by atoms with Gasteiger partial charge in [0.05, 0.1) is 0 Å². The Kier molecular flexibility index (Phi) is 4.45. The van der Waals surface area contributed by atoms with Crippen LogP contribution in [-0.4, -0.2) is 39.1 Å². The second-order valence-electron chi connectivity index (χ2n) is 6.77. The summed E-state index contributed by atoms with van der Waals surface area (Å²) in [5.41, 5.74) is 1.10. The predicted molar refractivity (Wildman–Crippen MR) is 100 cm³/mol. The minimum atomic E-state index is -0.591. The fraction of sp³-hybridized carbons (Fsp3) is 0.250. The first kappa shape index (κ1) is 17.4. The van der Waals surface area contributed by atoms with Gasteiger partial charge in [-0.15, -0.1) is 0 Å². The van der Waals surface area contributed by atoms with Crippen molar-refractivity contribution in [3.63, 3.8) is 0 Å². The molecule has 1 fully saturated rings. The maximum absolute atomic E-state index is 13.7. The predicted octanol–water partition coefficient (Wildman–Crippen LogP) is 3.49. The van der Waals surface area contributed by atoms with Crippen molar-refractivity contribution < 1.29 is 19.4 Å². The smallest absolute Gasteiger partial charge is 0.246 e. The quantitative estimate of drug-likeness (QED) is 0.567. The number of anilines is 1. The van der Waals surface area contributed by atoms with Gasteiger partial charge in [0.2, 0.25) is 5.91 Å². The van der Waals surface area contributed by atoms with E-state index in [0.717, 1.165) is 25.9 Å². The van der Waals surface area contributed by atoms with Crippen molar-refractivity contribution in [2.24, 2.45) is 0 Å². The fourth-order valence-corrected chi connectivity index (χ4v) is 3.69. The van der Waals surface area contributed by atoms with Crippen molar-refractivity contribution in [1.82, 2.24) is 9.88 Å². The molecule has 0 bridgehead atoms. The number of likely N-dealkylation sites (tertiary alicyclic amines) is 1. The highest BCUT2D eigenvalue weighted by Crippen LogP contribution is 2.34. The zero-order chi connectivity index (χ0) is 19.0. The maximum Gasteiger partial charge on any atom is 0.246 e. The molecule has 4 N–H and O–H groups in total. The molecular weight excluding hydrogens is 349 g/mol. The van der Waals surface area contributed by atoms with E-state index < -0.39 is 6.04 Å². The lowest BCUT2D eigenvalue weighted by molar-refractivity contribution is -0.121. The first-order valence-corrected chi connectivity index (χ1v) is 8.87. The minimum Gasteiger partial charge on any atom is -0.494 e. The third-order valence-electron chi connectivity index (χ3n) is 4.95. The molecule has 1 saturated heterocycles. The Morgan fingerprint density at radius 3 is 2.56 bits per heavy atom. The van der Waals surface area contributed by atoms with Crippen LogP contribution in [0.4, 0.5) is 10.1 Å². The number of hydrogen-bond acceptors (Lipinski definition) is 4. The molecule has 3 aromatic rings. The van der Waals surface area contributed by atoms with E-state index in [-0.39, 0.29) is 23.5 Å². The molecule has 1 atom stereocenters. The Balaban J connectivity index is 1.64. The molecule has 0 aliphatic carbocycles. The second-order valence-corrected chi connectivity index (χ2v) is 6.77. The van der Waals surface area contributed by atoms with E-state index in [9.17, 15) is 19.4 Å². The van der Waals surface area contributed by atoms with Crippen LogP contribution >= 0.6 is 0 Å². The number of aromatic nitrogens is 1. The van der Waals surface area contributed by atoms with Crippen LogP contribution in [-0.2, 0) is 4.79 Å². The molecule has 4 rings (SSSR count). The van der Waals surface area contributed by atoms with Gasteiger partial charge in [-0.3, -0.25) is 14.7 Å². The number of nitrogens with one attached hydrogen (secondary N) is 2. The summed E-state index contributed by atoms with van der Waals surface area (Å²) in [5.74, 6) is -0.936. The van der Waals surface area contributed by atoms with Crippen LogP contribution in [0.5, 0.6) is 11.8 Å². The molecule has 1 aliphatic heterocycles. The number of rotatable bonds is 4. The molecule has 6 nitrogen and oxygen atoms in total. The van der Waals surface area contributed by atoms with Crippen LogP contribution in [0.2, 0.25) is 0 Å². The highest BCUT2D eigenvalue weighted by molar-refractivity contribution is 6.00. The molecule has 2 aromatic carbocycles. The molecule has 1 aromatic heterocycles. The first-order chi connectivity index (χ1) is 13.0. The summed E-state index contributed by atoms with van der Waals surface area (Å²) < 4.78 is 13.7. The molecule has 140 valence electrons. The van der Waals surface area contributed by atoms with Crippen LogP contribution in [0.15, 0.2) is 42.5 Å². The Bertz CT molecular complexity index is 995. The summed E-state index contributed by atoms with van der Waals surface area (Å²) in [5, 5.41) is 23.3. The Morgan fingerprint density at radius 2 is 1.81 bits per heavy atom. The van der Waals surface area contributed by atoms with Gasteiger partial charge in [0.15, 0.2) is 11.8 Å². The molecule has 1 aliphatic rings. The van der Waals surface area contributed by atoms with Crippen molar-refractivity contribution in [3.8, 4) is 11.8 Å². The first-order valence-electron chi connectivity index (χ1n) is 8.87. The standard InChI is InChI=1S/C20H20FN3O3/c21-13-5-3-4-12(10-13)17(24-8-1-2-9-24)20(27)22-14-6-7-15-16(11-14)19(26)23-18(15)25/h3-7,10-11,17,23,25-26H,1-2,8-9H2,(H,22,27). The average Bonchev–Trinajstić information content (AvgIpc) is 3.24. The topological polar surface area (TPSA) is 88.6 Å². The lowest BCUT2D eigenvalue weighted by atomic mass is 10.0. The number of aromatic amines is 1. The number of carbonyl (C=O) groups is 1. The van der Waals surface area contributed by atoms with Crippen LogP contribution in [0, 0.1) is 5.82 Å². The molecule has 7 heteroatoms. The SMILES string of the molecule is O=C(Nc1ccc2c(O)[nH]c(O)c2c1)C(c1cccc(F)c1)N1CCCC1. The van der Waals surface area contributed by atoms with Gasteiger partial charge in [-0.05, 0) is 61.8 Å². The summed E-state index contributed by atoms with van der Waals surface area (Å²) in [7, 11) is 0. The summed E-state index contributed by atoms with van der Waals surface area (Å²) in [6.07, 6.45) is 2.00. The molecule has 0 spiro atoms. The number of H-pyrrole nitrogens is 1. The summed E-state index contributed by atoms with van der Waals surface area (Å²) in [6.45, 7) is 1.56. The van der Waals surface area contributed by atoms with Crippen molar-refractivity contribution in [1.29, 1.82) is 0 Å². The molecule has 1 unspecified atom stereocenters. The number of carbonyl (C=O) groups excluding carboxylic acids is 1. The monoisotopic (exact) mass is 369 g/mol. The average molecular weight is 369 g/mol. The zero-order valence-corrected chi connectivity index (χ0v) is 14.6.